The molecule has 0 N–H and O–H groups in total. The van der Waals surface area contributed by atoms with Crippen LogP contribution in [0.25, 0.3) is 11.4 Å². The van der Waals surface area contributed by atoms with E-state index >= 15 is 0 Å². The molecule has 1 aromatic carbocycles. The molecule has 7 nitrogen and oxygen atoms in total. The van der Waals surface area contributed by atoms with E-state index in [1.807, 2.05) is 80.5 Å². The van der Waals surface area contributed by atoms with Crippen LogP contribution in [0.3, 0.4) is 0 Å². The van der Waals surface area contributed by atoms with Crippen molar-refractivity contribution in [2.45, 2.75) is 63.7 Å². The lowest BCUT2D eigenvalue weighted by molar-refractivity contribution is -0.133. The average Bonchev–Trinajstić information content (AvgIpc) is 3.38. The van der Waals surface area contributed by atoms with Gasteiger partial charge in [0.1, 0.15) is 11.5 Å². The zero-order valence-corrected chi connectivity index (χ0v) is 19.7. The number of carbonyl (C=O) groups excluding carboxylic acids is 1. The summed E-state index contributed by atoms with van der Waals surface area (Å²) >= 11 is 1.42. The summed E-state index contributed by atoms with van der Waals surface area (Å²) < 4.78 is 12.8. The average molecular weight is 443 g/mol. The van der Waals surface area contributed by atoms with Crippen molar-refractivity contribution in [1.29, 1.82) is 0 Å². The maximum Gasteiger partial charge on any atom is 0.236 e. The van der Waals surface area contributed by atoms with E-state index in [4.69, 9.17) is 9.15 Å². The lowest BCUT2D eigenvalue weighted by Gasteiger charge is -2.32. The maximum absolute atomic E-state index is 13.1. The number of thioether (sulfide) groups is 1. The summed E-state index contributed by atoms with van der Waals surface area (Å²) in [4.78, 5) is 15.0. The number of ether oxygens (including phenoxy) is 1. The second kappa shape index (κ2) is 10.0. The Hall–Kier alpha value is -2.74. The van der Waals surface area contributed by atoms with E-state index in [1.54, 1.807) is 13.4 Å². The Labute approximate surface area is 187 Å². The third-order valence-corrected chi connectivity index (χ3v) is 6.02. The molecule has 1 atom stereocenters. The molecule has 0 fully saturated rings. The van der Waals surface area contributed by atoms with Gasteiger partial charge in [-0.1, -0.05) is 11.8 Å². The summed E-state index contributed by atoms with van der Waals surface area (Å²) in [6.07, 6.45) is 1.65. The predicted octanol–water partition coefficient (Wildman–Crippen LogP) is 4.72. The third-order valence-electron chi connectivity index (χ3n) is 4.96. The maximum atomic E-state index is 13.1. The Balaban J connectivity index is 1.92. The van der Waals surface area contributed by atoms with Gasteiger partial charge in [-0.3, -0.25) is 9.36 Å². The first kappa shape index (κ1) is 22.9. The summed E-state index contributed by atoms with van der Waals surface area (Å²) in [5.41, 5.74) is 0.914. The van der Waals surface area contributed by atoms with Crippen LogP contribution < -0.4 is 4.74 Å². The quantitative estimate of drug-likeness (QED) is 0.447. The molecule has 0 saturated heterocycles. The first-order valence-corrected chi connectivity index (χ1v) is 11.3. The van der Waals surface area contributed by atoms with Crippen LogP contribution in [0, 0.1) is 0 Å². The number of benzene rings is 1. The van der Waals surface area contributed by atoms with Crippen molar-refractivity contribution in [3.63, 3.8) is 0 Å². The van der Waals surface area contributed by atoms with E-state index in [2.05, 4.69) is 10.2 Å². The summed E-state index contributed by atoms with van der Waals surface area (Å²) in [6.45, 7) is 10.5. The highest BCUT2D eigenvalue weighted by Gasteiger charge is 2.28. The van der Waals surface area contributed by atoms with E-state index in [-0.39, 0.29) is 23.2 Å². The summed E-state index contributed by atoms with van der Waals surface area (Å²) in [7, 11) is 1.64. The number of methoxy groups -OCH3 is 1. The molecule has 0 spiro atoms. The summed E-state index contributed by atoms with van der Waals surface area (Å²) in [5, 5.41) is 9.23. The number of nitrogens with zero attached hydrogens (tertiary/aromatic N) is 4. The summed E-state index contributed by atoms with van der Waals surface area (Å²) in [5.74, 6) is 2.37. The molecule has 8 heteroatoms. The highest BCUT2D eigenvalue weighted by atomic mass is 32.2. The van der Waals surface area contributed by atoms with Crippen LogP contribution in [0.2, 0.25) is 0 Å². The molecule has 0 saturated carbocycles. The molecule has 0 bridgehead atoms. The van der Waals surface area contributed by atoms with Gasteiger partial charge in [0, 0.05) is 17.6 Å². The number of aromatic nitrogens is 3. The van der Waals surface area contributed by atoms with Crippen LogP contribution in [0.15, 0.2) is 52.2 Å². The van der Waals surface area contributed by atoms with Crippen LogP contribution in [0.1, 0.15) is 40.4 Å². The largest absolute Gasteiger partial charge is 0.497 e. The molecule has 1 amide bonds. The van der Waals surface area contributed by atoms with Gasteiger partial charge in [-0.2, -0.15) is 0 Å². The number of rotatable bonds is 9. The molecule has 1 unspecified atom stereocenters. The minimum absolute atomic E-state index is 0.0912. The standard InChI is InChI=1S/C23H30N4O3S/c1-15(2)27(16(3)4)22(28)17(5)31-23-25-24-21(18-9-11-19(29-6)12-10-18)26(23)14-20-8-7-13-30-20/h7-13,15-17H,14H2,1-6H3. The molecule has 31 heavy (non-hydrogen) atoms. The molecular weight excluding hydrogens is 412 g/mol. The fraction of sp³-hybridized carbons (Fsp3) is 0.435. The van der Waals surface area contributed by atoms with Gasteiger partial charge in [-0.05, 0) is 71.0 Å². The number of amides is 1. The smallest absolute Gasteiger partial charge is 0.236 e. The fourth-order valence-electron chi connectivity index (χ4n) is 3.55. The topological polar surface area (TPSA) is 73.4 Å². The Morgan fingerprint density at radius 3 is 2.32 bits per heavy atom. The molecule has 3 aromatic rings. The molecule has 0 aliphatic rings. The fourth-order valence-corrected chi connectivity index (χ4v) is 4.46. The van der Waals surface area contributed by atoms with Crippen molar-refractivity contribution in [2.24, 2.45) is 0 Å². The van der Waals surface area contributed by atoms with Crippen molar-refractivity contribution >= 4 is 17.7 Å². The number of furan rings is 1. The SMILES string of the molecule is COc1ccc(-c2nnc(SC(C)C(=O)N(C(C)C)C(C)C)n2Cc2ccco2)cc1. The Morgan fingerprint density at radius 1 is 1.10 bits per heavy atom. The Bertz CT molecular complexity index is 973. The summed E-state index contributed by atoms with van der Waals surface area (Å²) in [6, 6.07) is 11.7. The van der Waals surface area contributed by atoms with Crippen LogP contribution in [0.4, 0.5) is 0 Å². The van der Waals surface area contributed by atoms with Crippen LogP contribution in [-0.4, -0.2) is 50.0 Å². The van der Waals surface area contributed by atoms with E-state index in [9.17, 15) is 4.79 Å². The van der Waals surface area contributed by atoms with Crippen molar-refractivity contribution in [3.8, 4) is 17.1 Å². The second-order valence-electron chi connectivity index (χ2n) is 7.89. The van der Waals surface area contributed by atoms with Crippen molar-refractivity contribution in [3.05, 3.63) is 48.4 Å². The van der Waals surface area contributed by atoms with Gasteiger partial charge in [-0.25, -0.2) is 0 Å². The van der Waals surface area contributed by atoms with E-state index in [1.165, 1.54) is 11.8 Å². The number of hydrogen-bond acceptors (Lipinski definition) is 6. The van der Waals surface area contributed by atoms with Gasteiger partial charge in [0.2, 0.25) is 5.91 Å². The normalized spacial score (nSPS) is 12.4. The van der Waals surface area contributed by atoms with Gasteiger partial charge in [-0.15, -0.1) is 10.2 Å². The van der Waals surface area contributed by atoms with Crippen LogP contribution >= 0.6 is 11.8 Å². The minimum atomic E-state index is -0.298. The molecule has 0 aliphatic heterocycles. The highest BCUT2D eigenvalue weighted by molar-refractivity contribution is 8.00. The molecular formula is C23H30N4O3S. The molecule has 0 radical (unpaired) electrons. The van der Waals surface area contributed by atoms with Gasteiger partial charge in [0.05, 0.1) is 25.2 Å². The molecule has 166 valence electrons. The monoisotopic (exact) mass is 442 g/mol. The zero-order chi connectivity index (χ0) is 22.5. The lowest BCUT2D eigenvalue weighted by atomic mass is 10.2. The van der Waals surface area contributed by atoms with Crippen LogP contribution in [0.5, 0.6) is 5.75 Å². The van der Waals surface area contributed by atoms with Gasteiger partial charge < -0.3 is 14.1 Å². The first-order valence-electron chi connectivity index (χ1n) is 10.4. The van der Waals surface area contributed by atoms with E-state index < -0.39 is 0 Å². The Kier molecular flexibility index (Phi) is 7.43. The van der Waals surface area contributed by atoms with E-state index in [0.717, 1.165) is 17.1 Å². The molecule has 2 heterocycles. The lowest BCUT2D eigenvalue weighted by Crippen LogP contribution is -2.45. The van der Waals surface area contributed by atoms with Crippen molar-refractivity contribution in [1.82, 2.24) is 19.7 Å². The third kappa shape index (κ3) is 5.31. The first-order chi connectivity index (χ1) is 14.8. The van der Waals surface area contributed by atoms with E-state index in [0.29, 0.717) is 17.5 Å². The van der Waals surface area contributed by atoms with Gasteiger partial charge in [0.25, 0.3) is 0 Å². The molecule has 2 aromatic heterocycles. The minimum Gasteiger partial charge on any atom is -0.497 e. The van der Waals surface area contributed by atoms with Gasteiger partial charge >= 0.3 is 0 Å². The highest BCUT2D eigenvalue weighted by Crippen LogP contribution is 2.30. The van der Waals surface area contributed by atoms with Crippen molar-refractivity contribution in [2.75, 3.05) is 7.11 Å². The second-order valence-corrected chi connectivity index (χ2v) is 9.20. The number of hydrogen-bond donors (Lipinski definition) is 0. The Morgan fingerprint density at radius 2 is 1.77 bits per heavy atom. The molecule has 0 aliphatic carbocycles. The van der Waals surface area contributed by atoms with Gasteiger partial charge in [0.15, 0.2) is 11.0 Å². The molecule has 3 rings (SSSR count). The number of carbonyl (C=O) groups is 1. The predicted molar refractivity (Wildman–Crippen MR) is 122 cm³/mol. The zero-order valence-electron chi connectivity index (χ0n) is 18.9. The van der Waals surface area contributed by atoms with Crippen LogP contribution in [-0.2, 0) is 11.3 Å². The van der Waals surface area contributed by atoms with Crippen molar-refractivity contribution < 1.29 is 13.9 Å².